The molecule has 0 aliphatic carbocycles. The van der Waals surface area contributed by atoms with E-state index in [-0.39, 0.29) is 0 Å². The Morgan fingerprint density at radius 1 is 1.13 bits per heavy atom. The van der Waals surface area contributed by atoms with Crippen molar-refractivity contribution in [3.8, 4) is 0 Å². The summed E-state index contributed by atoms with van der Waals surface area (Å²) in [5.41, 5.74) is 3.45. The average molecular weight is 327 g/mol. The van der Waals surface area contributed by atoms with Crippen LogP contribution in [0.15, 0.2) is 48.5 Å². The molecule has 1 aliphatic heterocycles. The van der Waals surface area contributed by atoms with Gasteiger partial charge in [0.25, 0.3) is 0 Å². The Labute approximate surface area is 141 Å². The fraction of sp³-hybridized carbons (Fsp3) is 0.316. The second-order valence-electron chi connectivity index (χ2n) is 6.45. The van der Waals surface area contributed by atoms with Gasteiger partial charge in [-0.25, -0.2) is 4.98 Å². The van der Waals surface area contributed by atoms with Crippen molar-refractivity contribution in [1.29, 1.82) is 0 Å². The molecule has 0 spiro atoms. The lowest BCUT2D eigenvalue weighted by molar-refractivity contribution is -0.920. The first-order chi connectivity index (χ1) is 11.3. The zero-order valence-electron chi connectivity index (χ0n) is 13.1. The SMILES string of the molecule is Clc1ccccc1C[NH+]1CCC[C@@H](c2nc3ccccc3[nH]2)C1. The molecule has 1 saturated heterocycles. The Kier molecular flexibility index (Phi) is 4.06. The van der Waals surface area contributed by atoms with Crippen LogP contribution in [0.2, 0.25) is 5.02 Å². The number of aromatic amines is 1. The molecule has 0 radical (unpaired) electrons. The molecule has 3 nitrogen and oxygen atoms in total. The van der Waals surface area contributed by atoms with E-state index in [1.807, 2.05) is 18.2 Å². The van der Waals surface area contributed by atoms with Gasteiger partial charge < -0.3 is 9.88 Å². The Morgan fingerprint density at radius 2 is 1.96 bits per heavy atom. The standard InChI is InChI=1S/C19H20ClN3/c20-16-8-2-1-6-14(16)12-23-11-5-7-15(13-23)19-21-17-9-3-4-10-18(17)22-19/h1-4,6,8-10,15H,5,7,11-13H2,(H,21,22)/p+1/t15-/m1/s1. The first-order valence-electron chi connectivity index (χ1n) is 8.31. The number of nitrogens with zero attached hydrogens (tertiary/aromatic N) is 1. The zero-order valence-corrected chi connectivity index (χ0v) is 13.8. The number of hydrogen-bond acceptors (Lipinski definition) is 1. The van der Waals surface area contributed by atoms with Crippen molar-refractivity contribution >= 4 is 22.6 Å². The maximum Gasteiger partial charge on any atom is 0.116 e. The van der Waals surface area contributed by atoms with Gasteiger partial charge in [0.05, 0.1) is 30.0 Å². The van der Waals surface area contributed by atoms with Gasteiger partial charge in [-0.2, -0.15) is 0 Å². The maximum atomic E-state index is 6.32. The fourth-order valence-electron chi connectivity index (χ4n) is 3.62. The second kappa shape index (κ2) is 6.34. The van der Waals surface area contributed by atoms with Gasteiger partial charge >= 0.3 is 0 Å². The van der Waals surface area contributed by atoms with Gasteiger partial charge in [-0.3, -0.25) is 0 Å². The largest absolute Gasteiger partial charge is 0.342 e. The normalized spacial score (nSPS) is 21.6. The molecule has 23 heavy (non-hydrogen) atoms. The van der Waals surface area contributed by atoms with E-state index in [9.17, 15) is 0 Å². The molecule has 0 bridgehead atoms. The van der Waals surface area contributed by atoms with Gasteiger partial charge in [0, 0.05) is 10.6 Å². The summed E-state index contributed by atoms with van der Waals surface area (Å²) in [6.45, 7) is 3.32. The van der Waals surface area contributed by atoms with Crippen molar-refractivity contribution in [2.75, 3.05) is 13.1 Å². The van der Waals surface area contributed by atoms with Crippen LogP contribution >= 0.6 is 11.6 Å². The fourth-order valence-corrected chi connectivity index (χ4v) is 3.82. The van der Waals surface area contributed by atoms with E-state index in [1.54, 1.807) is 4.90 Å². The molecule has 0 amide bonds. The minimum atomic E-state index is 0.508. The number of fused-ring (bicyclic) bond motifs is 1. The van der Waals surface area contributed by atoms with E-state index < -0.39 is 0 Å². The summed E-state index contributed by atoms with van der Waals surface area (Å²) in [7, 11) is 0. The van der Waals surface area contributed by atoms with Crippen LogP contribution in [0.5, 0.6) is 0 Å². The third kappa shape index (κ3) is 3.12. The molecule has 118 valence electrons. The molecule has 1 unspecified atom stereocenters. The lowest BCUT2D eigenvalue weighted by atomic mass is 9.97. The number of piperidine rings is 1. The highest BCUT2D eigenvalue weighted by Gasteiger charge is 2.27. The smallest absolute Gasteiger partial charge is 0.116 e. The first kappa shape index (κ1) is 14.7. The molecule has 4 heteroatoms. The number of aromatic nitrogens is 2. The van der Waals surface area contributed by atoms with Crippen LogP contribution in [0, 0.1) is 0 Å². The Bertz CT molecular complexity index is 778. The topological polar surface area (TPSA) is 33.1 Å². The summed E-state index contributed by atoms with van der Waals surface area (Å²) in [5, 5.41) is 0.880. The number of likely N-dealkylation sites (tertiary alicyclic amines) is 1. The van der Waals surface area contributed by atoms with Crippen molar-refractivity contribution in [3.63, 3.8) is 0 Å². The number of rotatable bonds is 3. The molecule has 3 aromatic rings. The predicted molar refractivity (Wildman–Crippen MR) is 93.9 cm³/mol. The molecule has 1 fully saturated rings. The highest BCUT2D eigenvalue weighted by Crippen LogP contribution is 2.22. The van der Waals surface area contributed by atoms with E-state index in [0.717, 1.165) is 35.0 Å². The zero-order chi connectivity index (χ0) is 15.6. The number of H-pyrrole nitrogens is 1. The summed E-state index contributed by atoms with van der Waals surface area (Å²) in [4.78, 5) is 9.90. The Balaban J connectivity index is 1.51. The second-order valence-corrected chi connectivity index (χ2v) is 6.86. The quantitative estimate of drug-likeness (QED) is 0.761. The number of quaternary nitrogens is 1. The van der Waals surface area contributed by atoms with Crippen LogP contribution in [0.3, 0.4) is 0 Å². The molecular weight excluding hydrogens is 306 g/mol. The molecule has 1 aliphatic rings. The highest BCUT2D eigenvalue weighted by molar-refractivity contribution is 6.31. The van der Waals surface area contributed by atoms with Crippen molar-refractivity contribution < 1.29 is 4.90 Å². The van der Waals surface area contributed by atoms with E-state index in [0.29, 0.717) is 5.92 Å². The van der Waals surface area contributed by atoms with Gasteiger partial charge in [0.15, 0.2) is 0 Å². The third-order valence-electron chi connectivity index (χ3n) is 4.81. The van der Waals surface area contributed by atoms with Crippen LogP contribution < -0.4 is 4.90 Å². The van der Waals surface area contributed by atoms with E-state index in [4.69, 9.17) is 16.6 Å². The molecule has 2 heterocycles. The molecule has 0 saturated carbocycles. The van der Waals surface area contributed by atoms with Gasteiger partial charge in [-0.15, -0.1) is 0 Å². The van der Waals surface area contributed by atoms with Crippen LogP contribution in [0.4, 0.5) is 0 Å². The Hall–Kier alpha value is -1.84. The molecule has 1 aromatic heterocycles. The predicted octanol–water partition coefficient (Wildman–Crippen LogP) is 3.18. The molecule has 2 N–H and O–H groups in total. The lowest BCUT2D eigenvalue weighted by Gasteiger charge is -2.29. The van der Waals surface area contributed by atoms with Gasteiger partial charge in [-0.1, -0.05) is 41.9 Å². The lowest BCUT2D eigenvalue weighted by Crippen LogP contribution is -3.12. The number of para-hydroxylation sites is 2. The Morgan fingerprint density at radius 3 is 2.83 bits per heavy atom. The number of imidazole rings is 1. The van der Waals surface area contributed by atoms with Crippen LogP contribution in [-0.2, 0) is 6.54 Å². The minimum absolute atomic E-state index is 0.508. The van der Waals surface area contributed by atoms with Crippen LogP contribution in [-0.4, -0.2) is 23.1 Å². The van der Waals surface area contributed by atoms with Crippen molar-refractivity contribution in [3.05, 3.63) is 64.9 Å². The molecular formula is C19H21ClN3+. The van der Waals surface area contributed by atoms with Crippen LogP contribution in [0.25, 0.3) is 11.0 Å². The average Bonchev–Trinajstić information content (AvgIpc) is 3.01. The van der Waals surface area contributed by atoms with Gasteiger partial charge in [-0.05, 0) is 31.0 Å². The summed E-state index contributed by atoms with van der Waals surface area (Å²) in [6, 6.07) is 16.5. The number of benzene rings is 2. The van der Waals surface area contributed by atoms with Crippen molar-refractivity contribution in [1.82, 2.24) is 9.97 Å². The third-order valence-corrected chi connectivity index (χ3v) is 5.18. The summed E-state index contributed by atoms with van der Waals surface area (Å²) >= 11 is 6.32. The summed E-state index contributed by atoms with van der Waals surface area (Å²) < 4.78 is 0. The van der Waals surface area contributed by atoms with Crippen molar-refractivity contribution in [2.24, 2.45) is 0 Å². The van der Waals surface area contributed by atoms with Gasteiger partial charge in [0.2, 0.25) is 0 Å². The minimum Gasteiger partial charge on any atom is -0.342 e. The van der Waals surface area contributed by atoms with E-state index >= 15 is 0 Å². The number of halogens is 1. The molecule has 2 atom stereocenters. The number of hydrogen-bond donors (Lipinski definition) is 2. The van der Waals surface area contributed by atoms with E-state index in [1.165, 1.54) is 24.9 Å². The molecule has 2 aromatic carbocycles. The van der Waals surface area contributed by atoms with Gasteiger partial charge in [0.1, 0.15) is 12.4 Å². The maximum absolute atomic E-state index is 6.32. The summed E-state index contributed by atoms with van der Waals surface area (Å²) in [6.07, 6.45) is 2.45. The van der Waals surface area contributed by atoms with E-state index in [2.05, 4.69) is 35.3 Å². The summed E-state index contributed by atoms with van der Waals surface area (Å²) in [5.74, 6) is 1.65. The first-order valence-corrected chi connectivity index (χ1v) is 8.69. The van der Waals surface area contributed by atoms with Crippen LogP contribution in [0.1, 0.15) is 30.1 Å². The monoisotopic (exact) mass is 326 g/mol. The molecule has 4 rings (SSSR count). The van der Waals surface area contributed by atoms with Crippen molar-refractivity contribution in [2.45, 2.75) is 25.3 Å². The highest BCUT2D eigenvalue weighted by atomic mass is 35.5. The number of nitrogens with one attached hydrogen (secondary N) is 2.